The van der Waals surface area contributed by atoms with Crippen molar-refractivity contribution in [2.24, 2.45) is 0 Å². The first-order valence-electron chi connectivity index (χ1n) is 9.36. The first-order valence-corrected chi connectivity index (χ1v) is 10.9. The van der Waals surface area contributed by atoms with Crippen molar-refractivity contribution in [3.8, 4) is 11.3 Å². The number of hydrogen-bond acceptors (Lipinski definition) is 3. The van der Waals surface area contributed by atoms with E-state index in [9.17, 15) is 4.79 Å². The van der Waals surface area contributed by atoms with E-state index in [-0.39, 0.29) is 5.91 Å². The van der Waals surface area contributed by atoms with Crippen molar-refractivity contribution < 1.29 is 4.79 Å². The van der Waals surface area contributed by atoms with Crippen molar-refractivity contribution in [1.29, 1.82) is 0 Å². The lowest BCUT2D eigenvalue weighted by molar-refractivity contribution is -0.116. The Kier molecular flexibility index (Phi) is 6.18. The van der Waals surface area contributed by atoms with Crippen molar-refractivity contribution in [3.63, 3.8) is 0 Å². The number of halogens is 2. The molecule has 1 aromatic heterocycles. The molecule has 150 valence electrons. The summed E-state index contributed by atoms with van der Waals surface area (Å²) < 4.78 is 0. The number of carbonyl (C=O) groups is 1. The van der Waals surface area contributed by atoms with Gasteiger partial charge in [0.1, 0.15) is 0 Å². The maximum absolute atomic E-state index is 13.3. The third-order valence-electron chi connectivity index (χ3n) is 4.75. The summed E-state index contributed by atoms with van der Waals surface area (Å²) in [5.41, 5.74) is 3.50. The number of carbonyl (C=O) groups excluding carboxylic acids is 1. The van der Waals surface area contributed by atoms with Gasteiger partial charge in [-0.15, -0.1) is 11.3 Å². The maximum atomic E-state index is 13.3. The summed E-state index contributed by atoms with van der Waals surface area (Å²) in [6.45, 7) is 1.97. The zero-order chi connectivity index (χ0) is 21.1. The molecule has 0 aliphatic carbocycles. The van der Waals surface area contributed by atoms with Crippen LogP contribution in [0.1, 0.15) is 21.9 Å². The number of nitrogens with zero attached hydrogens (tertiary/aromatic N) is 1. The smallest absolute Gasteiger partial charge is 0.238 e. The molecule has 0 atom stereocenters. The average molecular weight is 453 g/mol. The fraction of sp³-hybridized carbons (Fsp3) is 0.0833. The lowest BCUT2D eigenvalue weighted by atomic mass is 9.90. The van der Waals surface area contributed by atoms with Gasteiger partial charge in [0.2, 0.25) is 5.91 Å². The molecule has 0 saturated carbocycles. The van der Waals surface area contributed by atoms with Gasteiger partial charge in [-0.2, -0.15) is 0 Å². The van der Waals surface area contributed by atoms with Gasteiger partial charge in [-0.1, -0.05) is 89.9 Å². The Morgan fingerprint density at radius 1 is 0.900 bits per heavy atom. The normalized spacial score (nSPS) is 10.9. The van der Waals surface area contributed by atoms with Crippen LogP contribution in [0, 0.1) is 6.92 Å². The second-order valence-corrected chi connectivity index (χ2v) is 8.81. The summed E-state index contributed by atoms with van der Waals surface area (Å²) in [6, 6.07) is 24.9. The summed E-state index contributed by atoms with van der Waals surface area (Å²) >= 11 is 13.6. The van der Waals surface area contributed by atoms with E-state index in [2.05, 4.69) is 10.3 Å². The van der Waals surface area contributed by atoms with Gasteiger partial charge in [0, 0.05) is 10.4 Å². The zero-order valence-corrected chi connectivity index (χ0v) is 18.4. The fourth-order valence-electron chi connectivity index (χ4n) is 3.32. The number of benzene rings is 3. The van der Waals surface area contributed by atoms with Crippen molar-refractivity contribution in [3.05, 3.63) is 105 Å². The first-order chi connectivity index (χ1) is 14.5. The molecule has 0 spiro atoms. The number of nitrogens with one attached hydrogen (secondary N) is 1. The van der Waals surface area contributed by atoms with E-state index in [0.29, 0.717) is 15.2 Å². The number of anilines is 1. The third-order valence-corrected chi connectivity index (χ3v) is 6.37. The van der Waals surface area contributed by atoms with Gasteiger partial charge in [-0.3, -0.25) is 4.79 Å². The van der Waals surface area contributed by atoms with Gasteiger partial charge in [0.25, 0.3) is 0 Å². The van der Waals surface area contributed by atoms with Crippen molar-refractivity contribution in [2.45, 2.75) is 12.8 Å². The molecular formula is C24H18Cl2N2OS. The Morgan fingerprint density at radius 2 is 1.50 bits per heavy atom. The fourth-order valence-corrected chi connectivity index (χ4v) is 4.46. The van der Waals surface area contributed by atoms with Crippen LogP contribution >= 0.6 is 34.5 Å². The molecule has 0 aliphatic rings. The largest absolute Gasteiger partial charge is 0.301 e. The van der Waals surface area contributed by atoms with Gasteiger partial charge >= 0.3 is 0 Å². The highest BCUT2D eigenvalue weighted by Gasteiger charge is 2.24. The SMILES string of the molecule is Cc1sc(NC(=O)C(c2ccccc2)c2ccccc2)nc1-c1ccc(Cl)c(Cl)c1. The average Bonchev–Trinajstić information content (AvgIpc) is 3.11. The van der Waals surface area contributed by atoms with Gasteiger partial charge in [0.05, 0.1) is 21.7 Å². The highest BCUT2D eigenvalue weighted by molar-refractivity contribution is 7.16. The Balaban J connectivity index is 1.64. The molecule has 1 heterocycles. The number of aryl methyl sites for hydroxylation is 1. The molecule has 3 nitrogen and oxygen atoms in total. The van der Waals surface area contributed by atoms with Crippen LogP contribution in [0.5, 0.6) is 0 Å². The minimum Gasteiger partial charge on any atom is -0.301 e. The minimum atomic E-state index is -0.426. The number of thiazole rings is 1. The molecule has 3 aromatic carbocycles. The Morgan fingerprint density at radius 3 is 2.07 bits per heavy atom. The number of aromatic nitrogens is 1. The molecule has 0 saturated heterocycles. The zero-order valence-electron chi connectivity index (χ0n) is 16.1. The van der Waals surface area contributed by atoms with Gasteiger partial charge < -0.3 is 5.32 Å². The van der Waals surface area contributed by atoms with Crippen LogP contribution in [0.15, 0.2) is 78.9 Å². The topological polar surface area (TPSA) is 42.0 Å². The summed E-state index contributed by atoms with van der Waals surface area (Å²) in [5.74, 6) is -0.549. The highest BCUT2D eigenvalue weighted by Crippen LogP contribution is 2.35. The van der Waals surface area contributed by atoms with E-state index >= 15 is 0 Å². The van der Waals surface area contributed by atoms with E-state index in [4.69, 9.17) is 23.2 Å². The van der Waals surface area contributed by atoms with Crippen LogP contribution in [-0.4, -0.2) is 10.9 Å². The van der Waals surface area contributed by atoms with Crippen LogP contribution in [0.2, 0.25) is 10.0 Å². The van der Waals surface area contributed by atoms with Crippen molar-refractivity contribution in [2.75, 3.05) is 5.32 Å². The third kappa shape index (κ3) is 4.41. The molecule has 0 bridgehead atoms. The number of rotatable bonds is 5. The molecule has 30 heavy (non-hydrogen) atoms. The van der Waals surface area contributed by atoms with Crippen LogP contribution < -0.4 is 5.32 Å². The van der Waals surface area contributed by atoms with E-state index in [0.717, 1.165) is 27.3 Å². The molecule has 0 fully saturated rings. The molecule has 1 amide bonds. The quantitative estimate of drug-likeness (QED) is 0.347. The summed E-state index contributed by atoms with van der Waals surface area (Å²) in [5, 5.41) is 4.53. The predicted octanol–water partition coefficient (Wildman–Crippen LogP) is 7.20. The molecule has 6 heteroatoms. The van der Waals surface area contributed by atoms with E-state index in [1.165, 1.54) is 11.3 Å². The van der Waals surface area contributed by atoms with E-state index in [1.807, 2.05) is 73.7 Å². The van der Waals surface area contributed by atoms with E-state index < -0.39 is 5.92 Å². The number of amides is 1. The molecule has 0 aliphatic heterocycles. The minimum absolute atomic E-state index is 0.123. The van der Waals surface area contributed by atoms with Crippen molar-refractivity contribution in [1.82, 2.24) is 4.98 Å². The molecule has 0 radical (unpaired) electrons. The van der Waals surface area contributed by atoms with Crippen LogP contribution in [0.3, 0.4) is 0 Å². The monoisotopic (exact) mass is 452 g/mol. The standard InChI is InChI=1S/C24H18Cl2N2OS/c1-15-22(18-12-13-19(25)20(26)14-18)27-24(30-15)28-23(29)21(16-8-4-2-5-9-16)17-10-6-3-7-11-17/h2-14,21H,1H3,(H,27,28,29). The van der Waals surface area contributed by atoms with Gasteiger partial charge in [-0.25, -0.2) is 4.98 Å². The van der Waals surface area contributed by atoms with Crippen LogP contribution in [0.25, 0.3) is 11.3 Å². The first kappa shape index (κ1) is 20.6. The van der Waals surface area contributed by atoms with Gasteiger partial charge in [0.15, 0.2) is 5.13 Å². The molecular weight excluding hydrogens is 435 g/mol. The Bertz CT molecular complexity index is 1140. The summed E-state index contributed by atoms with van der Waals surface area (Å²) in [6.07, 6.45) is 0. The predicted molar refractivity (Wildman–Crippen MR) is 126 cm³/mol. The van der Waals surface area contributed by atoms with Crippen molar-refractivity contribution >= 4 is 45.6 Å². The lowest BCUT2D eigenvalue weighted by Gasteiger charge is -2.17. The van der Waals surface area contributed by atoms with Crippen LogP contribution in [-0.2, 0) is 4.79 Å². The summed E-state index contributed by atoms with van der Waals surface area (Å²) in [7, 11) is 0. The molecule has 4 rings (SSSR count). The Labute approximate surface area is 189 Å². The second kappa shape index (κ2) is 9.00. The second-order valence-electron chi connectivity index (χ2n) is 6.80. The molecule has 4 aromatic rings. The maximum Gasteiger partial charge on any atom is 0.238 e. The molecule has 1 N–H and O–H groups in total. The van der Waals surface area contributed by atoms with Crippen LogP contribution in [0.4, 0.5) is 5.13 Å². The van der Waals surface area contributed by atoms with Gasteiger partial charge in [-0.05, 0) is 30.2 Å². The molecule has 0 unspecified atom stereocenters. The lowest BCUT2D eigenvalue weighted by Crippen LogP contribution is -2.22. The number of hydrogen-bond donors (Lipinski definition) is 1. The summed E-state index contributed by atoms with van der Waals surface area (Å²) in [4.78, 5) is 18.9. The van der Waals surface area contributed by atoms with E-state index in [1.54, 1.807) is 12.1 Å². The highest BCUT2D eigenvalue weighted by atomic mass is 35.5. The Hall–Kier alpha value is -2.66.